The lowest BCUT2D eigenvalue weighted by molar-refractivity contribution is 0.102. The molecule has 1 atom stereocenters. The molecule has 0 aliphatic carbocycles. The SMILES string of the molecule is CC(O)c1csc(NC(=O)c2cnn3ccncc23)n1. The molecule has 1 amide bonds. The first-order valence-electron chi connectivity index (χ1n) is 5.87. The van der Waals surface area contributed by atoms with Gasteiger partial charge in [0, 0.05) is 17.8 Å². The van der Waals surface area contributed by atoms with Crippen molar-refractivity contribution >= 4 is 27.9 Å². The number of carbonyl (C=O) groups excluding carboxylic acids is 1. The van der Waals surface area contributed by atoms with Crippen molar-refractivity contribution in [3.63, 3.8) is 0 Å². The van der Waals surface area contributed by atoms with Gasteiger partial charge in [-0.3, -0.25) is 15.1 Å². The van der Waals surface area contributed by atoms with E-state index < -0.39 is 6.10 Å². The van der Waals surface area contributed by atoms with E-state index in [-0.39, 0.29) is 5.91 Å². The van der Waals surface area contributed by atoms with E-state index in [1.54, 1.807) is 35.4 Å². The Balaban J connectivity index is 1.85. The van der Waals surface area contributed by atoms with Gasteiger partial charge in [-0.2, -0.15) is 5.10 Å². The van der Waals surface area contributed by atoms with Crippen LogP contribution in [0.25, 0.3) is 5.52 Å². The Morgan fingerprint density at radius 1 is 1.50 bits per heavy atom. The smallest absolute Gasteiger partial charge is 0.261 e. The van der Waals surface area contributed by atoms with E-state index >= 15 is 0 Å². The van der Waals surface area contributed by atoms with Crippen molar-refractivity contribution in [1.82, 2.24) is 19.6 Å². The number of hydrogen-bond acceptors (Lipinski definition) is 6. The summed E-state index contributed by atoms with van der Waals surface area (Å²) in [5.41, 5.74) is 1.58. The summed E-state index contributed by atoms with van der Waals surface area (Å²) in [6.07, 6.45) is 5.66. The number of carbonyl (C=O) groups is 1. The second-order valence-corrected chi connectivity index (χ2v) is 5.03. The minimum atomic E-state index is -0.655. The van der Waals surface area contributed by atoms with Gasteiger partial charge in [-0.25, -0.2) is 9.50 Å². The average Bonchev–Trinajstić information content (AvgIpc) is 3.04. The maximum absolute atomic E-state index is 12.2. The summed E-state index contributed by atoms with van der Waals surface area (Å²) in [5.74, 6) is -0.306. The van der Waals surface area contributed by atoms with E-state index in [1.807, 2.05) is 0 Å². The number of fused-ring (bicyclic) bond motifs is 1. The Hall–Kier alpha value is -2.32. The number of nitrogens with zero attached hydrogens (tertiary/aromatic N) is 4. The van der Waals surface area contributed by atoms with Crippen LogP contribution >= 0.6 is 11.3 Å². The van der Waals surface area contributed by atoms with Crippen molar-refractivity contribution < 1.29 is 9.90 Å². The molecule has 1 unspecified atom stereocenters. The zero-order valence-corrected chi connectivity index (χ0v) is 11.3. The number of aliphatic hydroxyl groups excluding tert-OH is 1. The van der Waals surface area contributed by atoms with Crippen LogP contribution in [0.15, 0.2) is 30.2 Å². The van der Waals surface area contributed by atoms with Crippen LogP contribution in [0.3, 0.4) is 0 Å². The Kier molecular flexibility index (Phi) is 3.17. The van der Waals surface area contributed by atoms with Gasteiger partial charge >= 0.3 is 0 Å². The van der Waals surface area contributed by atoms with Crippen molar-refractivity contribution in [3.8, 4) is 0 Å². The molecule has 3 rings (SSSR count). The van der Waals surface area contributed by atoms with Crippen molar-refractivity contribution in [2.75, 3.05) is 5.32 Å². The molecule has 3 heterocycles. The molecule has 0 aromatic carbocycles. The van der Waals surface area contributed by atoms with Crippen molar-refractivity contribution in [2.24, 2.45) is 0 Å². The molecule has 20 heavy (non-hydrogen) atoms. The van der Waals surface area contributed by atoms with E-state index in [2.05, 4.69) is 20.4 Å². The first kappa shape index (κ1) is 12.7. The maximum Gasteiger partial charge on any atom is 0.261 e. The van der Waals surface area contributed by atoms with Crippen molar-refractivity contribution in [3.05, 3.63) is 41.4 Å². The molecule has 0 aliphatic rings. The van der Waals surface area contributed by atoms with E-state index in [4.69, 9.17) is 0 Å². The van der Waals surface area contributed by atoms with Crippen molar-refractivity contribution in [2.45, 2.75) is 13.0 Å². The predicted molar refractivity (Wildman–Crippen MR) is 73.7 cm³/mol. The summed E-state index contributed by atoms with van der Waals surface area (Å²) < 4.78 is 1.57. The Labute approximate surface area is 117 Å². The third-order valence-electron chi connectivity index (χ3n) is 2.74. The van der Waals surface area contributed by atoms with Gasteiger partial charge in [-0.15, -0.1) is 11.3 Å². The first-order chi connectivity index (χ1) is 9.65. The number of rotatable bonds is 3. The topological polar surface area (TPSA) is 92.4 Å². The summed E-state index contributed by atoms with van der Waals surface area (Å²) in [7, 11) is 0. The minimum Gasteiger partial charge on any atom is -0.387 e. The molecule has 8 heteroatoms. The zero-order valence-electron chi connectivity index (χ0n) is 10.5. The highest BCUT2D eigenvalue weighted by atomic mass is 32.1. The summed E-state index contributed by atoms with van der Waals surface area (Å²) in [6.45, 7) is 1.62. The lowest BCUT2D eigenvalue weighted by Gasteiger charge is -2.00. The molecule has 0 bridgehead atoms. The Morgan fingerprint density at radius 2 is 2.35 bits per heavy atom. The van der Waals surface area contributed by atoms with Crippen LogP contribution in [0, 0.1) is 0 Å². The number of anilines is 1. The molecule has 7 nitrogen and oxygen atoms in total. The van der Waals surface area contributed by atoms with Gasteiger partial charge in [0.05, 0.1) is 35.3 Å². The Morgan fingerprint density at radius 3 is 3.10 bits per heavy atom. The summed E-state index contributed by atoms with van der Waals surface area (Å²) in [4.78, 5) is 20.3. The van der Waals surface area contributed by atoms with Gasteiger partial charge in [0.1, 0.15) is 0 Å². The van der Waals surface area contributed by atoms with Crippen molar-refractivity contribution in [1.29, 1.82) is 0 Å². The quantitative estimate of drug-likeness (QED) is 0.762. The van der Waals surface area contributed by atoms with Gasteiger partial charge in [0.25, 0.3) is 5.91 Å². The number of amides is 1. The van der Waals surface area contributed by atoms with Gasteiger partial charge in [-0.05, 0) is 6.92 Å². The highest BCUT2D eigenvalue weighted by Crippen LogP contribution is 2.21. The minimum absolute atomic E-state index is 0.306. The molecule has 102 valence electrons. The third-order valence-corrected chi connectivity index (χ3v) is 3.52. The number of nitrogens with one attached hydrogen (secondary N) is 1. The van der Waals surface area contributed by atoms with Crippen LogP contribution in [-0.4, -0.2) is 30.6 Å². The van der Waals surface area contributed by atoms with Crippen LogP contribution in [0.5, 0.6) is 0 Å². The van der Waals surface area contributed by atoms with Gasteiger partial charge < -0.3 is 5.11 Å². The number of hydrogen-bond donors (Lipinski definition) is 2. The van der Waals surface area contributed by atoms with E-state index in [0.29, 0.717) is 21.9 Å². The predicted octanol–water partition coefficient (Wildman–Crippen LogP) is 1.49. The summed E-state index contributed by atoms with van der Waals surface area (Å²) >= 11 is 1.26. The third kappa shape index (κ3) is 2.26. The first-order valence-corrected chi connectivity index (χ1v) is 6.75. The fourth-order valence-corrected chi connectivity index (χ4v) is 2.50. The second-order valence-electron chi connectivity index (χ2n) is 4.17. The van der Waals surface area contributed by atoms with E-state index in [1.165, 1.54) is 17.5 Å². The zero-order chi connectivity index (χ0) is 14.1. The highest BCUT2D eigenvalue weighted by molar-refractivity contribution is 7.14. The molecule has 0 saturated carbocycles. The van der Waals surface area contributed by atoms with E-state index in [9.17, 15) is 9.90 Å². The lowest BCUT2D eigenvalue weighted by atomic mass is 10.3. The molecule has 0 fully saturated rings. The second kappa shape index (κ2) is 4.99. The van der Waals surface area contributed by atoms with Crippen LogP contribution in [0.1, 0.15) is 29.1 Å². The molecule has 0 saturated heterocycles. The highest BCUT2D eigenvalue weighted by Gasteiger charge is 2.15. The number of thiazole rings is 1. The molecule has 2 N–H and O–H groups in total. The van der Waals surface area contributed by atoms with Crippen LogP contribution in [0.2, 0.25) is 0 Å². The number of aliphatic hydroxyl groups is 1. The molecule has 0 spiro atoms. The fraction of sp³-hybridized carbons (Fsp3) is 0.167. The molecule has 0 aliphatic heterocycles. The van der Waals surface area contributed by atoms with Crippen LogP contribution < -0.4 is 5.32 Å². The maximum atomic E-state index is 12.2. The van der Waals surface area contributed by atoms with Gasteiger partial charge in [0.2, 0.25) is 0 Å². The normalized spacial score (nSPS) is 12.5. The summed E-state index contributed by atoms with van der Waals surface area (Å²) in [6, 6.07) is 0. The van der Waals surface area contributed by atoms with Crippen LogP contribution in [0.4, 0.5) is 5.13 Å². The molecular weight excluding hydrogens is 278 g/mol. The number of aromatic nitrogens is 4. The standard InChI is InChI=1S/C12H11N5O2S/c1-7(18)9-6-20-12(15-9)16-11(19)8-4-14-17-3-2-13-5-10(8)17/h2-7,18H,1H3,(H,15,16,19). The lowest BCUT2D eigenvalue weighted by Crippen LogP contribution is -2.11. The van der Waals surface area contributed by atoms with E-state index in [0.717, 1.165) is 0 Å². The van der Waals surface area contributed by atoms with Crippen LogP contribution in [-0.2, 0) is 0 Å². The Bertz CT molecular complexity index is 764. The molecule has 3 aromatic rings. The fourth-order valence-electron chi connectivity index (χ4n) is 1.71. The largest absolute Gasteiger partial charge is 0.387 e. The van der Waals surface area contributed by atoms with Gasteiger partial charge in [-0.1, -0.05) is 0 Å². The molecule has 3 aromatic heterocycles. The molecular formula is C12H11N5O2S. The summed E-state index contributed by atoms with van der Waals surface area (Å²) in [5, 5.41) is 18.3. The molecule has 0 radical (unpaired) electrons. The average molecular weight is 289 g/mol. The van der Waals surface area contributed by atoms with Gasteiger partial charge in [0.15, 0.2) is 5.13 Å². The monoisotopic (exact) mass is 289 g/mol.